The molecule has 1 fully saturated rings. The van der Waals surface area contributed by atoms with Crippen molar-refractivity contribution in [1.29, 1.82) is 0 Å². The minimum Gasteiger partial charge on any atom is -0.462 e. The predicted molar refractivity (Wildman–Crippen MR) is 93.4 cm³/mol. The molecule has 0 saturated carbocycles. The number of hydrogen-bond donors (Lipinski definition) is 2. The van der Waals surface area contributed by atoms with Gasteiger partial charge in [0.25, 0.3) is 6.47 Å². The quantitative estimate of drug-likeness (QED) is 0.838. The van der Waals surface area contributed by atoms with E-state index in [1.165, 1.54) is 18.4 Å². The second kappa shape index (κ2) is 8.46. The molecule has 1 aliphatic heterocycles. The van der Waals surface area contributed by atoms with Gasteiger partial charge in [0.05, 0.1) is 5.60 Å². The van der Waals surface area contributed by atoms with Gasteiger partial charge in [-0.3, -0.25) is 4.79 Å². The second-order valence-corrected chi connectivity index (χ2v) is 7.50. The van der Waals surface area contributed by atoms with E-state index in [-0.39, 0.29) is 5.60 Å². The van der Waals surface area contributed by atoms with Crippen LogP contribution in [-0.2, 0) is 15.1 Å². The fourth-order valence-corrected chi connectivity index (χ4v) is 2.69. The Morgan fingerprint density at radius 3 is 2.13 bits per heavy atom. The van der Waals surface area contributed by atoms with Crippen LogP contribution in [0.2, 0.25) is 0 Å². The molecule has 1 aromatic carbocycles. The Hall–Kier alpha value is -1.39. The van der Waals surface area contributed by atoms with Crippen molar-refractivity contribution < 1.29 is 14.6 Å². The van der Waals surface area contributed by atoms with E-state index in [0.29, 0.717) is 12.4 Å². The Morgan fingerprint density at radius 1 is 1.13 bits per heavy atom. The van der Waals surface area contributed by atoms with Crippen molar-refractivity contribution in [1.82, 2.24) is 5.32 Å². The number of carbonyl (C=O) groups excluding carboxylic acids is 1. The summed E-state index contributed by atoms with van der Waals surface area (Å²) in [6.45, 7) is 11.8. The Bertz CT molecular complexity index is 480. The van der Waals surface area contributed by atoms with E-state index in [2.05, 4.69) is 28.3 Å². The standard InChI is InChI=1S/C14H21NO.C5H10O2/c1-14(2,16)13-6-4-3-5-12(13)11-7-9-15-10-8-11;1-5(2,3)7-4-6/h3-6,11,15-16H,7-10H2,1-2H3;4H,1-3H3. The maximum atomic E-state index is 10.2. The lowest BCUT2D eigenvalue weighted by molar-refractivity contribution is -0.138. The number of benzene rings is 1. The summed E-state index contributed by atoms with van der Waals surface area (Å²) in [5.74, 6) is 0.601. The lowest BCUT2D eigenvalue weighted by Crippen LogP contribution is -2.28. The van der Waals surface area contributed by atoms with Crippen LogP contribution >= 0.6 is 0 Å². The van der Waals surface area contributed by atoms with E-state index in [1.807, 2.05) is 40.7 Å². The predicted octanol–water partition coefficient (Wildman–Crippen LogP) is 3.34. The molecule has 0 unspecified atom stereocenters. The van der Waals surface area contributed by atoms with Crippen molar-refractivity contribution in [3.8, 4) is 0 Å². The molecule has 1 aliphatic rings. The minimum atomic E-state index is -0.735. The zero-order valence-corrected chi connectivity index (χ0v) is 15.1. The molecule has 1 saturated heterocycles. The number of aliphatic hydroxyl groups is 1. The minimum absolute atomic E-state index is 0.318. The third-order valence-corrected chi connectivity index (χ3v) is 3.80. The molecule has 1 heterocycles. The van der Waals surface area contributed by atoms with Crippen LogP contribution in [0.1, 0.15) is 64.5 Å². The van der Waals surface area contributed by atoms with Crippen molar-refractivity contribution in [3.05, 3.63) is 35.4 Å². The van der Waals surface area contributed by atoms with Crippen molar-refractivity contribution in [2.45, 2.75) is 64.6 Å². The van der Waals surface area contributed by atoms with Gasteiger partial charge in [-0.05, 0) is 77.6 Å². The first-order valence-electron chi connectivity index (χ1n) is 8.29. The van der Waals surface area contributed by atoms with E-state index in [4.69, 9.17) is 0 Å². The highest BCUT2D eigenvalue weighted by atomic mass is 16.5. The molecular weight excluding hydrogens is 290 g/mol. The highest BCUT2D eigenvalue weighted by Crippen LogP contribution is 2.33. The summed E-state index contributed by atoms with van der Waals surface area (Å²) in [4.78, 5) is 9.60. The van der Waals surface area contributed by atoms with E-state index in [0.717, 1.165) is 18.7 Å². The van der Waals surface area contributed by atoms with Crippen LogP contribution in [0.25, 0.3) is 0 Å². The Labute approximate surface area is 140 Å². The molecule has 1 aromatic rings. The van der Waals surface area contributed by atoms with Gasteiger partial charge in [-0.25, -0.2) is 0 Å². The number of piperidine rings is 1. The molecule has 0 radical (unpaired) electrons. The van der Waals surface area contributed by atoms with Gasteiger partial charge in [0.2, 0.25) is 0 Å². The van der Waals surface area contributed by atoms with Gasteiger partial charge in [-0.15, -0.1) is 0 Å². The second-order valence-electron chi connectivity index (χ2n) is 7.50. The fourth-order valence-electron chi connectivity index (χ4n) is 2.69. The maximum Gasteiger partial charge on any atom is 0.293 e. The maximum absolute atomic E-state index is 10.2. The molecule has 4 nitrogen and oxygen atoms in total. The van der Waals surface area contributed by atoms with Crippen molar-refractivity contribution in [2.75, 3.05) is 13.1 Å². The first-order chi connectivity index (χ1) is 10.6. The lowest BCUT2D eigenvalue weighted by Gasteiger charge is -2.29. The van der Waals surface area contributed by atoms with Crippen LogP contribution < -0.4 is 5.32 Å². The highest BCUT2D eigenvalue weighted by Gasteiger charge is 2.24. The third kappa shape index (κ3) is 7.14. The summed E-state index contributed by atoms with van der Waals surface area (Å²) < 4.78 is 4.55. The molecule has 0 spiro atoms. The Kier molecular flexibility index (Phi) is 7.23. The monoisotopic (exact) mass is 321 g/mol. The van der Waals surface area contributed by atoms with Gasteiger partial charge in [0.15, 0.2) is 0 Å². The number of hydrogen-bond acceptors (Lipinski definition) is 4. The molecule has 0 amide bonds. The number of ether oxygens (including phenoxy) is 1. The SMILES string of the molecule is CC(C)(C)OC=O.CC(C)(O)c1ccccc1C1CCNCC1. The molecule has 0 bridgehead atoms. The molecule has 2 rings (SSSR count). The first-order valence-corrected chi connectivity index (χ1v) is 8.29. The van der Waals surface area contributed by atoms with E-state index in [1.54, 1.807) is 0 Å². The topological polar surface area (TPSA) is 58.6 Å². The van der Waals surface area contributed by atoms with E-state index in [9.17, 15) is 9.90 Å². The fraction of sp³-hybridized carbons (Fsp3) is 0.632. The number of carbonyl (C=O) groups is 1. The van der Waals surface area contributed by atoms with Crippen molar-refractivity contribution in [2.24, 2.45) is 0 Å². The zero-order chi connectivity index (χ0) is 17.5. The molecule has 4 heteroatoms. The Morgan fingerprint density at radius 2 is 1.70 bits per heavy atom. The Balaban J connectivity index is 0.000000322. The van der Waals surface area contributed by atoms with Crippen LogP contribution in [0.3, 0.4) is 0 Å². The van der Waals surface area contributed by atoms with Gasteiger partial charge in [-0.1, -0.05) is 24.3 Å². The van der Waals surface area contributed by atoms with Gasteiger partial charge in [-0.2, -0.15) is 0 Å². The summed E-state index contributed by atoms with van der Waals surface area (Å²) in [6, 6.07) is 8.31. The summed E-state index contributed by atoms with van der Waals surface area (Å²) in [6.07, 6.45) is 2.35. The lowest BCUT2D eigenvalue weighted by atomic mass is 9.82. The van der Waals surface area contributed by atoms with Crippen LogP contribution in [0, 0.1) is 0 Å². The highest BCUT2D eigenvalue weighted by molar-refractivity contribution is 5.37. The normalized spacial score (nSPS) is 16.3. The molecule has 2 N–H and O–H groups in total. The largest absolute Gasteiger partial charge is 0.462 e. The average molecular weight is 321 g/mol. The van der Waals surface area contributed by atoms with Gasteiger partial charge >= 0.3 is 0 Å². The molecule has 0 aromatic heterocycles. The van der Waals surface area contributed by atoms with Gasteiger partial charge < -0.3 is 15.2 Å². The first kappa shape index (κ1) is 19.7. The summed E-state index contributed by atoms with van der Waals surface area (Å²) >= 11 is 0. The molecular formula is C19H31NO3. The van der Waals surface area contributed by atoms with Crippen LogP contribution in [0.15, 0.2) is 24.3 Å². The van der Waals surface area contributed by atoms with E-state index >= 15 is 0 Å². The van der Waals surface area contributed by atoms with Crippen LogP contribution in [-0.4, -0.2) is 30.3 Å². The average Bonchev–Trinajstić information content (AvgIpc) is 2.47. The smallest absolute Gasteiger partial charge is 0.293 e. The van der Waals surface area contributed by atoms with Crippen LogP contribution in [0.5, 0.6) is 0 Å². The van der Waals surface area contributed by atoms with E-state index < -0.39 is 5.60 Å². The summed E-state index contributed by atoms with van der Waals surface area (Å²) in [5.41, 5.74) is 1.36. The van der Waals surface area contributed by atoms with Crippen molar-refractivity contribution >= 4 is 6.47 Å². The molecule has 0 aliphatic carbocycles. The number of nitrogens with one attached hydrogen (secondary N) is 1. The molecule has 23 heavy (non-hydrogen) atoms. The van der Waals surface area contributed by atoms with Crippen LogP contribution in [0.4, 0.5) is 0 Å². The summed E-state index contributed by atoms with van der Waals surface area (Å²) in [7, 11) is 0. The number of rotatable bonds is 3. The zero-order valence-electron chi connectivity index (χ0n) is 15.1. The third-order valence-electron chi connectivity index (χ3n) is 3.80. The van der Waals surface area contributed by atoms with Crippen molar-refractivity contribution in [3.63, 3.8) is 0 Å². The van der Waals surface area contributed by atoms with Gasteiger partial charge in [0.1, 0.15) is 5.60 Å². The molecule has 130 valence electrons. The van der Waals surface area contributed by atoms with Gasteiger partial charge in [0, 0.05) is 0 Å². The molecule has 0 atom stereocenters. The summed E-state index contributed by atoms with van der Waals surface area (Å²) in [5, 5.41) is 13.6.